The standard InChI is InChI=1S/C85H78N4O2/c1-80(2,3)51-32-40-55(41-33-51)87(56-42-34-52(35-43-56)81(4,5)6)68-49-64-74(77-72(68)59-23-15-19-30-70(59)90-77)75-65(85(64)63-27-21-26-62-76(63)89(67-29-22-48-86-79(67)85)66-28-18-17-25-61(66)84(62,13)14)50-69(73-60-24-16-20-31-71(60)91-78(73)75)88(57-44-36-53(37-45-57)82(7,8)9)58-46-38-54(39-47-58)83(10,11)12/h15-50H,1-14H3. The molecule has 1 aliphatic carbocycles. The van der Waals surface area contributed by atoms with E-state index >= 15 is 0 Å². The van der Waals surface area contributed by atoms with E-state index in [1.807, 2.05) is 6.20 Å². The molecule has 3 aliphatic rings. The number of furan rings is 2. The van der Waals surface area contributed by atoms with E-state index < -0.39 is 5.41 Å². The molecule has 0 N–H and O–H groups in total. The molecule has 0 fully saturated rings. The maximum absolute atomic E-state index is 7.72. The Labute approximate surface area is 535 Å². The van der Waals surface area contributed by atoms with Crippen molar-refractivity contribution in [2.24, 2.45) is 0 Å². The predicted octanol–water partition coefficient (Wildman–Crippen LogP) is 23.8. The number of rotatable bonds is 6. The summed E-state index contributed by atoms with van der Waals surface area (Å²) in [4.78, 5) is 13.3. The first-order chi connectivity index (χ1) is 43.4. The van der Waals surface area contributed by atoms with E-state index in [1.165, 1.54) is 39.1 Å². The number of fused-ring (bicyclic) bond motifs is 19. The number of para-hydroxylation sites is 4. The van der Waals surface area contributed by atoms with Gasteiger partial charge in [0.1, 0.15) is 22.3 Å². The van der Waals surface area contributed by atoms with Gasteiger partial charge in [-0.05, 0) is 163 Å². The van der Waals surface area contributed by atoms with Crippen LogP contribution >= 0.6 is 0 Å². The van der Waals surface area contributed by atoms with Crippen molar-refractivity contribution >= 4 is 95.1 Å². The van der Waals surface area contributed by atoms with Crippen LogP contribution in [0.3, 0.4) is 0 Å². The van der Waals surface area contributed by atoms with Crippen LogP contribution in [-0.4, -0.2) is 4.98 Å². The van der Waals surface area contributed by atoms with Crippen molar-refractivity contribution in [1.82, 2.24) is 4.98 Å². The number of hydrogen-bond donors (Lipinski definition) is 0. The van der Waals surface area contributed by atoms with Gasteiger partial charge in [0.25, 0.3) is 0 Å². The van der Waals surface area contributed by atoms with E-state index in [2.05, 4.69) is 324 Å². The molecule has 0 amide bonds. The smallest absolute Gasteiger partial charge is 0.145 e. The molecule has 0 saturated carbocycles. The maximum Gasteiger partial charge on any atom is 0.145 e. The monoisotopic (exact) mass is 1190 g/mol. The number of pyridine rings is 1. The summed E-state index contributed by atoms with van der Waals surface area (Å²) < 4.78 is 15.4. The first-order valence-electron chi connectivity index (χ1n) is 32.4. The van der Waals surface area contributed by atoms with Gasteiger partial charge in [-0.2, -0.15) is 0 Å². The highest BCUT2D eigenvalue weighted by molar-refractivity contribution is 6.25. The lowest BCUT2D eigenvalue weighted by Crippen LogP contribution is -2.41. The topological polar surface area (TPSA) is 48.9 Å². The summed E-state index contributed by atoms with van der Waals surface area (Å²) in [5, 5.41) is 4.11. The van der Waals surface area contributed by atoms with E-state index in [0.29, 0.717) is 0 Å². The van der Waals surface area contributed by atoms with Crippen LogP contribution in [-0.2, 0) is 32.5 Å². The van der Waals surface area contributed by atoms with Gasteiger partial charge in [-0.25, -0.2) is 0 Å². The Morgan fingerprint density at radius 1 is 0.374 bits per heavy atom. The molecule has 13 aromatic rings. The fourth-order valence-corrected chi connectivity index (χ4v) is 15.5. The number of aromatic nitrogens is 1. The average Bonchev–Trinajstić information content (AvgIpc) is 1.54. The van der Waals surface area contributed by atoms with Crippen molar-refractivity contribution in [3.8, 4) is 11.1 Å². The molecule has 6 heteroatoms. The fraction of sp³-hybridized carbons (Fsp3) is 0.235. The molecule has 0 radical (unpaired) electrons. The van der Waals surface area contributed by atoms with E-state index in [4.69, 9.17) is 13.8 Å². The number of anilines is 9. The highest BCUT2D eigenvalue weighted by Gasteiger charge is 2.58. The summed E-state index contributed by atoms with van der Waals surface area (Å²) in [6.45, 7) is 32.3. The summed E-state index contributed by atoms with van der Waals surface area (Å²) in [6.07, 6.45) is 2.01. The number of hydrogen-bond acceptors (Lipinski definition) is 6. The Balaban J connectivity index is 1.11. The van der Waals surface area contributed by atoms with Gasteiger partial charge < -0.3 is 23.5 Å². The fourth-order valence-electron chi connectivity index (χ4n) is 15.5. The van der Waals surface area contributed by atoms with Crippen molar-refractivity contribution in [2.45, 2.75) is 129 Å². The first kappa shape index (κ1) is 56.6. The summed E-state index contributed by atoms with van der Waals surface area (Å²) in [6, 6.07) is 79.8. The van der Waals surface area contributed by atoms with Gasteiger partial charge in [0.15, 0.2) is 0 Å². The summed E-state index contributed by atoms with van der Waals surface area (Å²) in [5.74, 6) is 0. The lowest BCUT2D eigenvalue weighted by molar-refractivity contribution is 0.590. The van der Waals surface area contributed by atoms with Gasteiger partial charge in [0, 0.05) is 56.3 Å². The second kappa shape index (κ2) is 19.4. The minimum atomic E-state index is -1.09. The Hall–Kier alpha value is -9.65. The van der Waals surface area contributed by atoms with Crippen molar-refractivity contribution < 1.29 is 8.83 Å². The van der Waals surface area contributed by atoms with Crippen LogP contribution in [0.1, 0.15) is 153 Å². The molecule has 2 aliphatic heterocycles. The summed E-state index contributed by atoms with van der Waals surface area (Å²) in [5.41, 5.74) is 24.9. The third kappa shape index (κ3) is 8.26. The largest absolute Gasteiger partial charge is 0.455 e. The molecule has 0 saturated heterocycles. The lowest BCUT2D eigenvalue weighted by Gasteiger charge is -2.50. The van der Waals surface area contributed by atoms with Crippen LogP contribution in [0.5, 0.6) is 0 Å². The van der Waals surface area contributed by atoms with Gasteiger partial charge in [0.05, 0.1) is 50.3 Å². The molecular formula is C85H78N4O2. The third-order valence-electron chi connectivity index (χ3n) is 20.3. The average molecular weight is 1190 g/mol. The quantitative estimate of drug-likeness (QED) is 0.165. The van der Waals surface area contributed by atoms with Crippen LogP contribution in [0.25, 0.3) is 55.0 Å². The zero-order chi connectivity index (χ0) is 63.1. The van der Waals surface area contributed by atoms with Crippen LogP contribution < -0.4 is 14.7 Å². The Kier molecular flexibility index (Phi) is 12.1. The number of nitrogens with zero attached hydrogens (tertiary/aromatic N) is 4. The normalized spacial score (nSPS) is 14.6. The Morgan fingerprint density at radius 3 is 1.18 bits per heavy atom. The molecular weight excluding hydrogens is 1110 g/mol. The van der Waals surface area contributed by atoms with Crippen molar-refractivity contribution in [3.63, 3.8) is 0 Å². The first-order valence-corrected chi connectivity index (χ1v) is 32.4. The zero-order valence-corrected chi connectivity index (χ0v) is 54.9. The van der Waals surface area contributed by atoms with E-state index in [9.17, 15) is 0 Å². The minimum absolute atomic E-state index is 0.0567. The molecule has 450 valence electrons. The summed E-state index contributed by atoms with van der Waals surface area (Å²) >= 11 is 0. The Morgan fingerprint density at radius 2 is 0.747 bits per heavy atom. The second-order valence-electron chi connectivity index (χ2n) is 30.4. The molecule has 10 aromatic carbocycles. The molecule has 3 aromatic heterocycles. The molecule has 16 rings (SSSR count). The molecule has 0 bridgehead atoms. The predicted molar refractivity (Wildman–Crippen MR) is 381 cm³/mol. The van der Waals surface area contributed by atoms with Gasteiger partial charge >= 0.3 is 0 Å². The molecule has 6 nitrogen and oxygen atoms in total. The third-order valence-corrected chi connectivity index (χ3v) is 20.3. The van der Waals surface area contributed by atoms with Crippen LogP contribution in [0, 0.1) is 0 Å². The lowest BCUT2D eigenvalue weighted by atomic mass is 9.63. The van der Waals surface area contributed by atoms with Gasteiger partial charge in [-0.15, -0.1) is 0 Å². The van der Waals surface area contributed by atoms with Crippen molar-refractivity contribution in [1.29, 1.82) is 0 Å². The van der Waals surface area contributed by atoms with Crippen LogP contribution in [0.15, 0.2) is 227 Å². The van der Waals surface area contributed by atoms with Gasteiger partial charge in [-0.3, -0.25) is 4.98 Å². The van der Waals surface area contributed by atoms with Crippen molar-refractivity contribution in [2.75, 3.05) is 14.7 Å². The molecule has 0 unspecified atom stereocenters. The van der Waals surface area contributed by atoms with Crippen LogP contribution in [0.2, 0.25) is 0 Å². The highest BCUT2D eigenvalue weighted by Crippen LogP contribution is 2.70. The highest BCUT2D eigenvalue weighted by atomic mass is 16.3. The number of benzene rings is 10. The van der Waals surface area contributed by atoms with Crippen molar-refractivity contribution in [3.05, 3.63) is 274 Å². The van der Waals surface area contributed by atoms with E-state index in [-0.39, 0.29) is 27.1 Å². The second-order valence-corrected chi connectivity index (χ2v) is 30.4. The SMILES string of the molecule is CC(C)(C)c1ccc(N(c2ccc(C(C)(C)C)cc2)c2cc3c(c4oc5ccccc5c24)-c2c(cc(N(c4ccc(C(C)(C)C)cc4)c4ccc(C(C)(C)C)cc4)c4c2oc2ccccc24)C32c3cccc4c3N(c3ccccc3C4(C)C)c3cccnc32)cc1. The van der Waals surface area contributed by atoms with E-state index in [1.54, 1.807) is 0 Å². The molecule has 0 atom stereocenters. The van der Waals surface area contributed by atoms with Gasteiger partial charge in [-0.1, -0.05) is 218 Å². The molecule has 1 spiro atoms. The molecule has 5 heterocycles. The molecule has 91 heavy (non-hydrogen) atoms. The zero-order valence-electron chi connectivity index (χ0n) is 54.9. The Bertz CT molecular complexity index is 4750. The van der Waals surface area contributed by atoms with Crippen LogP contribution in [0.4, 0.5) is 51.2 Å². The summed E-state index contributed by atoms with van der Waals surface area (Å²) in [7, 11) is 0. The minimum Gasteiger partial charge on any atom is -0.455 e. The van der Waals surface area contributed by atoms with Gasteiger partial charge in [0.2, 0.25) is 0 Å². The maximum atomic E-state index is 7.72. The van der Waals surface area contributed by atoms with E-state index in [0.717, 1.165) is 123 Å².